The Kier molecular flexibility index (Phi) is 6.79. The molecule has 3 rings (SSSR count). The maximum atomic E-state index is 15.0. The Balaban J connectivity index is 1.81. The first kappa shape index (κ1) is 24.3. The van der Waals surface area contributed by atoms with E-state index >= 15 is 8.78 Å². The third-order valence-corrected chi connectivity index (χ3v) is 5.07. The topological polar surface area (TPSA) is 46.9 Å². The summed E-state index contributed by atoms with van der Waals surface area (Å²) in [5.41, 5.74) is -1.56. The van der Waals surface area contributed by atoms with E-state index in [1.807, 2.05) is 5.32 Å². The number of hydrogen-bond donors (Lipinski definition) is 1. The fourth-order valence-electron chi connectivity index (χ4n) is 3.02. The van der Waals surface area contributed by atoms with E-state index in [0.29, 0.717) is 17.2 Å². The van der Waals surface area contributed by atoms with Crippen molar-refractivity contribution in [2.45, 2.75) is 25.1 Å². The van der Waals surface area contributed by atoms with Crippen molar-refractivity contribution in [3.63, 3.8) is 0 Å². The minimum atomic E-state index is -4.81. The summed E-state index contributed by atoms with van der Waals surface area (Å²) in [6.07, 6.45) is -1.59. The molecule has 10 heteroatoms. The van der Waals surface area contributed by atoms with Crippen molar-refractivity contribution in [3.05, 3.63) is 87.7 Å². The number of nitrogens with zero attached hydrogens (tertiary/aromatic N) is 2. The van der Waals surface area contributed by atoms with Crippen LogP contribution in [0.15, 0.2) is 54.9 Å². The summed E-state index contributed by atoms with van der Waals surface area (Å²) in [7, 11) is 1.72. The zero-order chi connectivity index (χ0) is 24.4. The molecule has 0 bridgehead atoms. The van der Waals surface area contributed by atoms with Gasteiger partial charge in [0.05, 0.1) is 34.0 Å². The second-order valence-corrected chi connectivity index (χ2v) is 7.62. The molecule has 3 aromatic rings. The van der Waals surface area contributed by atoms with E-state index in [0.717, 1.165) is 25.1 Å². The van der Waals surface area contributed by atoms with Gasteiger partial charge in [0.2, 0.25) is 0 Å². The van der Waals surface area contributed by atoms with Crippen LogP contribution in [-0.4, -0.2) is 21.7 Å². The molecule has 172 valence electrons. The summed E-state index contributed by atoms with van der Waals surface area (Å²) in [6.45, 7) is 0.987. The molecular formula is C23H17ClF5N3O. The number of carbonyl (C=O) groups is 1. The number of aromatic nitrogens is 2. The SMILES string of the molecule is CC(NC(=O)c1ccccc1C(F)(F)F)C(F)(F)c1ccc(C#Cc2cnn(C)c2)cc1Cl. The van der Waals surface area contributed by atoms with Crippen molar-refractivity contribution < 1.29 is 26.7 Å². The average Bonchev–Trinajstić information content (AvgIpc) is 3.16. The van der Waals surface area contributed by atoms with Gasteiger partial charge in [-0.05, 0) is 31.2 Å². The molecule has 0 fully saturated rings. The van der Waals surface area contributed by atoms with Crippen molar-refractivity contribution in [2.75, 3.05) is 0 Å². The van der Waals surface area contributed by atoms with Gasteiger partial charge in [-0.25, -0.2) is 0 Å². The van der Waals surface area contributed by atoms with Crippen LogP contribution in [0.5, 0.6) is 0 Å². The van der Waals surface area contributed by atoms with Gasteiger partial charge < -0.3 is 5.32 Å². The quantitative estimate of drug-likeness (QED) is 0.400. The van der Waals surface area contributed by atoms with E-state index in [9.17, 15) is 18.0 Å². The van der Waals surface area contributed by atoms with Gasteiger partial charge in [-0.1, -0.05) is 41.6 Å². The van der Waals surface area contributed by atoms with Gasteiger partial charge in [0, 0.05) is 24.4 Å². The molecule has 1 amide bonds. The summed E-state index contributed by atoms with van der Waals surface area (Å²) < 4.78 is 71.1. The van der Waals surface area contributed by atoms with Crippen LogP contribution >= 0.6 is 11.6 Å². The first-order valence-electron chi connectivity index (χ1n) is 9.55. The Morgan fingerprint density at radius 2 is 1.73 bits per heavy atom. The lowest BCUT2D eigenvalue weighted by atomic mass is 9.99. The number of benzene rings is 2. The van der Waals surface area contributed by atoms with E-state index < -0.39 is 40.7 Å². The summed E-state index contributed by atoms with van der Waals surface area (Å²) in [5.74, 6) is 0.667. The van der Waals surface area contributed by atoms with Crippen molar-refractivity contribution >= 4 is 17.5 Å². The Hall–Kier alpha value is -3.38. The van der Waals surface area contributed by atoms with Gasteiger partial charge in [-0.3, -0.25) is 9.48 Å². The molecule has 0 saturated heterocycles. The van der Waals surface area contributed by atoms with E-state index in [-0.39, 0.29) is 5.02 Å². The molecule has 1 atom stereocenters. The number of hydrogen-bond acceptors (Lipinski definition) is 2. The lowest BCUT2D eigenvalue weighted by Crippen LogP contribution is -2.44. The maximum Gasteiger partial charge on any atom is 0.417 e. The van der Waals surface area contributed by atoms with Gasteiger partial charge in [-0.2, -0.15) is 27.1 Å². The summed E-state index contributed by atoms with van der Waals surface area (Å²) in [4.78, 5) is 12.4. The molecule has 4 nitrogen and oxygen atoms in total. The number of aryl methyl sites for hydroxylation is 1. The average molecular weight is 482 g/mol. The van der Waals surface area contributed by atoms with Gasteiger partial charge in [0.1, 0.15) is 0 Å². The van der Waals surface area contributed by atoms with Gasteiger partial charge in [0.25, 0.3) is 11.8 Å². The maximum absolute atomic E-state index is 15.0. The number of halogens is 6. The number of carbonyl (C=O) groups excluding carboxylic acids is 1. The molecule has 1 heterocycles. The molecule has 0 saturated carbocycles. The molecule has 0 aliphatic heterocycles. The first-order valence-corrected chi connectivity index (χ1v) is 9.93. The zero-order valence-corrected chi connectivity index (χ0v) is 18.1. The van der Waals surface area contributed by atoms with E-state index in [2.05, 4.69) is 16.9 Å². The van der Waals surface area contributed by atoms with E-state index in [4.69, 9.17) is 11.6 Å². The number of amides is 1. The molecule has 0 radical (unpaired) electrons. The third-order valence-electron chi connectivity index (χ3n) is 4.75. The Bertz CT molecular complexity index is 1240. The fourth-order valence-corrected chi connectivity index (χ4v) is 3.33. The molecule has 33 heavy (non-hydrogen) atoms. The monoisotopic (exact) mass is 481 g/mol. The number of rotatable bonds is 4. The highest BCUT2D eigenvalue weighted by molar-refractivity contribution is 6.31. The van der Waals surface area contributed by atoms with Gasteiger partial charge in [-0.15, -0.1) is 0 Å². The van der Waals surface area contributed by atoms with Crippen molar-refractivity contribution in [3.8, 4) is 11.8 Å². The van der Waals surface area contributed by atoms with Crippen molar-refractivity contribution in [1.29, 1.82) is 0 Å². The number of alkyl halides is 5. The normalized spacial score (nSPS) is 12.6. The molecular weight excluding hydrogens is 465 g/mol. The van der Waals surface area contributed by atoms with Gasteiger partial charge >= 0.3 is 6.18 Å². The minimum Gasteiger partial charge on any atom is -0.343 e. The minimum absolute atomic E-state index is 0.297. The Morgan fingerprint density at radius 3 is 2.33 bits per heavy atom. The van der Waals surface area contributed by atoms with Crippen LogP contribution in [0, 0.1) is 11.8 Å². The van der Waals surface area contributed by atoms with E-state index in [1.54, 1.807) is 24.1 Å². The zero-order valence-electron chi connectivity index (χ0n) is 17.3. The predicted octanol–water partition coefficient (Wildman–Crippen LogP) is 5.40. The predicted molar refractivity (Wildman–Crippen MR) is 113 cm³/mol. The van der Waals surface area contributed by atoms with Crippen LogP contribution in [-0.2, 0) is 19.1 Å². The molecule has 0 aliphatic carbocycles. The van der Waals surface area contributed by atoms with Crippen LogP contribution in [0.25, 0.3) is 0 Å². The lowest BCUT2D eigenvalue weighted by molar-refractivity contribution is -0.137. The summed E-state index contributed by atoms with van der Waals surface area (Å²) >= 11 is 6.06. The lowest BCUT2D eigenvalue weighted by Gasteiger charge is -2.26. The summed E-state index contributed by atoms with van der Waals surface area (Å²) in [5, 5.41) is 5.63. The molecule has 1 N–H and O–H groups in total. The number of nitrogens with one attached hydrogen (secondary N) is 1. The standard InChI is InChI=1S/C23H17ClF5N3O/c1-14(31-21(33)17-5-3-4-6-18(17)23(27,28)29)22(25,26)19-10-9-15(11-20(19)24)7-8-16-12-30-32(2)13-16/h3-6,9-14H,1-2H3,(H,31,33). The fraction of sp³-hybridized carbons (Fsp3) is 0.217. The van der Waals surface area contributed by atoms with E-state index in [1.165, 1.54) is 18.2 Å². The molecule has 0 aliphatic rings. The van der Waals surface area contributed by atoms with Crippen LogP contribution in [0.4, 0.5) is 22.0 Å². The second kappa shape index (κ2) is 9.24. The summed E-state index contributed by atoms with van der Waals surface area (Å²) in [6, 6.07) is 5.77. The van der Waals surface area contributed by atoms with Crippen molar-refractivity contribution in [2.24, 2.45) is 7.05 Å². The third kappa shape index (κ3) is 5.52. The largest absolute Gasteiger partial charge is 0.417 e. The van der Waals surface area contributed by atoms with Crippen LogP contribution in [0.2, 0.25) is 5.02 Å². The van der Waals surface area contributed by atoms with Gasteiger partial charge in [0.15, 0.2) is 0 Å². The molecule has 0 spiro atoms. The first-order chi connectivity index (χ1) is 15.4. The van der Waals surface area contributed by atoms with Crippen LogP contribution in [0.3, 0.4) is 0 Å². The van der Waals surface area contributed by atoms with Crippen LogP contribution in [0.1, 0.15) is 39.5 Å². The second-order valence-electron chi connectivity index (χ2n) is 7.21. The Labute approximate surface area is 191 Å². The molecule has 2 aromatic carbocycles. The highest BCUT2D eigenvalue weighted by atomic mass is 35.5. The Morgan fingerprint density at radius 1 is 1.06 bits per heavy atom. The smallest absolute Gasteiger partial charge is 0.343 e. The molecule has 1 aromatic heterocycles. The van der Waals surface area contributed by atoms with Crippen LogP contribution < -0.4 is 5.32 Å². The highest BCUT2D eigenvalue weighted by Crippen LogP contribution is 2.37. The highest BCUT2D eigenvalue weighted by Gasteiger charge is 2.42. The van der Waals surface area contributed by atoms with Crippen molar-refractivity contribution in [1.82, 2.24) is 15.1 Å². The molecule has 1 unspecified atom stereocenters.